The summed E-state index contributed by atoms with van der Waals surface area (Å²) in [5, 5.41) is 0.101. The maximum Gasteiger partial charge on any atom is 0.142 e. The van der Waals surface area contributed by atoms with E-state index in [1.807, 2.05) is 12.2 Å². The fraction of sp³-hybridized carbons (Fsp3) is 0.111. The first kappa shape index (κ1) is 7.62. The van der Waals surface area contributed by atoms with Gasteiger partial charge in [0.1, 0.15) is 18.2 Å². The lowest BCUT2D eigenvalue weighted by atomic mass is 10.1. The zero-order valence-corrected chi connectivity index (χ0v) is 6.94. The largest absolute Gasteiger partial charge is 0.489 e. The van der Waals surface area contributed by atoms with Gasteiger partial charge >= 0.3 is 0 Å². The molecular formula is C9H6ClFO. The van der Waals surface area contributed by atoms with E-state index in [-0.39, 0.29) is 5.02 Å². The van der Waals surface area contributed by atoms with E-state index in [4.69, 9.17) is 16.3 Å². The standard InChI is InChI=1S/C9H6ClFO/c10-7-5-9-6(4-8(7)11)2-1-3-12-9/h1-2,4-5H,3H2. The van der Waals surface area contributed by atoms with E-state index in [0.29, 0.717) is 12.4 Å². The number of halogens is 2. The molecule has 1 aliphatic heterocycles. The van der Waals surface area contributed by atoms with Crippen molar-refractivity contribution in [3.8, 4) is 5.75 Å². The Bertz CT molecular complexity index is 347. The molecule has 0 spiro atoms. The lowest BCUT2D eigenvalue weighted by molar-refractivity contribution is 0.358. The van der Waals surface area contributed by atoms with Crippen LogP contribution in [0.2, 0.25) is 5.02 Å². The molecule has 0 saturated heterocycles. The Morgan fingerprint density at radius 1 is 1.42 bits per heavy atom. The van der Waals surface area contributed by atoms with Gasteiger partial charge in [0.15, 0.2) is 0 Å². The molecule has 0 aromatic heterocycles. The lowest BCUT2D eigenvalue weighted by Crippen LogP contribution is -2.00. The first-order chi connectivity index (χ1) is 5.77. The molecule has 1 aromatic carbocycles. The highest BCUT2D eigenvalue weighted by Crippen LogP contribution is 2.29. The van der Waals surface area contributed by atoms with E-state index >= 15 is 0 Å². The summed E-state index contributed by atoms with van der Waals surface area (Å²) >= 11 is 5.57. The van der Waals surface area contributed by atoms with Gasteiger partial charge in [0, 0.05) is 11.6 Å². The summed E-state index contributed by atoms with van der Waals surface area (Å²) in [6, 6.07) is 2.86. The quantitative estimate of drug-likeness (QED) is 0.603. The van der Waals surface area contributed by atoms with E-state index in [1.165, 1.54) is 12.1 Å². The number of benzene rings is 1. The molecule has 0 saturated carbocycles. The topological polar surface area (TPSA) is 9.23 Å². The first-order valence-electron chi connectivity index (χ1n) is 3.56. The molecule has 1 aromatic rings. The SMILES string of the molecule is Fc1cc2c(cc1Cl)OCC=C2. The molecule has 1 nitrogen and oxygen atoms in total. The lowest BCUT2D eigenvalue weighted by Gasteiger charge is -2.12. The molecule has 0 unspecified atom stereocenters. The minimum atomic E-state index is -0.412. The van der Waals surface area contributed by atoms with Gasteiger partial charge in [-0.2, -0.15) is 0 Å². The number of ether oxygens (including phenoxy) is 1. The summed E-state index contributed by atoms with van der Waals surface area (Å²) in [5.41, 5.74) is 0.739. The van der Waals surface area contributed by atoms with Crippen LogP contribution in [0.15, 0.2) is 18.2 Å². The Hall–Kier alpha value is -1.02. The van der Waals surface area contributed by atoms with Gasteiger partial charge in [-0.3, -0.25) is 0 Å². The van der Waals surface area contributed by atoms with Crippen molar-refractivity contribution in [2.45, 2.75) is 0 Å². The molecule has 1 aliphatic rings. The summed E-state index contributed by atoms with van der Waals surface area (Å²) in [5.74, 6) is 0.231. The highest BCUT2D eigenvalue weighted by Gasteiger charge is 2.09. The maximum atomic E-state index is 12.9. The predicted octanol–water partition coefficient (Wildman–Crippen LogP) is 2.88. The predicted molar refractivity (Wildman–Crippen MR) is 45.9 cm³/mol. The Labute approximate surface area is 74.4 Å². The molecule has 0 atom stereocenters. The van der Waals surface area contributed by atoms with E-state index < -0.39 is 5.82 Å². The molecule has 3 heteroatoms. The minimum Gasteiger partial charge on any atom is -0.489 e. The van der Waals surface area contributed by atoms with Crippen molar-refractivity contribution in [1.82, 2.24) is 0 Å². The maximum absolute atomic E-state index is 12.9. The van der Waals surface area contributed by atoms with Crippen LogP contribution >= 0.6 is 11.6 Å². The third-order valence-electron chi connectivity index (χ3n) is 1.69. The molecule has 0 N–H and O–H groups in total. The summed E-state index contributed by atoms with van der Waals surface area (Å²) in [6.45, 7) is 0.523. The zero-order valence-electron chi connectivity index (χ0n) is 6.18. The van der Waals surface area contributed by atoms with Crippen molar-refractivity contribution in [3.63, 3.8) is 0 Å². The van der Waals surface area contributed by atoms with E-state index in [0.717, 1.165) is 5.56 Å². The molecule has 12 heavy (non-hydrogen) atoms. The van der Waals surface area contributed by atoms with Crippen molar-refractivity contribution in [1.29, 1.82) is 0 Å². The number of fused-ring (bicyclic) bond motifs is 1. The van der Waals surface area contributed by atoms with Gasteiger partial charge in [0.05, 0.1) is 5.02 Å². The Morgan fingerprint density at radius 3 is 3.08 bits per heavy atom. The molecule has 0 fully saturated rings. The Morgan fingerprint density at radius 2 is 2.25 bits per heavy atom. The second-order valence-electron chi connectivity index (χ2n) is 2.52. The van der Waals surface area contributed by atoms with Crippen molar-refractivity contribution in [2.75, 3.05) is 6.61 Å². The van der Waals surface area contributed by atoms with Crippen LogP contribution in [-0.4, -0.2) is 6.61 Å². The third kappa shape index (κ3) is 1.18. The summed E-state index contributed by atoms with van der Waals surface area (Å²) in [7, 11) is 0. The highest BCUT2D eigenvalue weighted by molar-refractivity contribution is 6.30. The number of hydrogen-bond donors (Lipinski definition) is 0. The first-order valence-corrected chi connectivity index (χ1v) is 3.93. The van der Waals surface area contributed by atoms with Crippen LogP contribution in [0.25, 0.3) is 6.08 Å². The van der Waals surface area contributed by atoms with Crippen LogP contribution in [0.1, 0.15) is 5.56 Å². The van der Waals surface area contributed by atoms with Gasteiger partial charge in [0.25, 0.3) is 0 Å². The molecule has 2 rings (SSSR count). The average Bonchev–Trinajstić information content (AvgIpc) is 2.07. The van der Waals surface area contributed by atoms with Crippen LogP contribution in [0.5, 0.6) is 5.75 Å². The van der Waals surface area contributed by atoms with Gasteiger partial charge in [-0.15, -0.1) is 0 Å². The second kappa shape index (κ2) is 2.79. The molecule has 0 bridgehead atoms. The molecule has 0 radical (unpaired) electrons. The fourth-order valence-corrected chi connectivity index (χ4v) is 1.27. The zero-order chi connectivity index (χ0) is 8.55. The van der Waals surface area contributed by atoms with E-state index in [1.54, 1.807) is 0 Å². The van der Waals surface area contributed by atoms with Crippen LogP contribution in [-0.2, 0) is 0 Å². The Balaban J connectivity index is 2.58. The van der Waals surface area contributed by atoms with Crippen molar-refractivity contribution in [2.24, 2.45) is 0 Å². The second-order valence-corrected chi connectivity index (χ2v) is 2.92. The van der Waals surface area contributed by atoms with Crippen molar-refractivity contribution >= 4 is 17.7 Å². The molecule has 1 heterocycles. The Kier molecular flexibility index (Phi) is 1.77. The number of hydrogen-bond acceptors (Lipinski definition) is 1. The number of rotatable bonds is 0. The molecule has 0 aliphatic carbocycles. The normalized spacial score (nSPS) is 13.8. The van der Waals surface area contributed by atoms with Gasteiger partial charge in [-0.05, 0) is 12.1 Å². The molecule has 62 valence electrons. The van der Waals surface area contributed by atoms with Gasteiger partial charge in [-0.1, -0.05) is 17.7 Å². The van der Waals surface area contributed by atoms with E-state index in [9.17, 15) is 4.39 Å². The molecular weight excluding hydrogens is 179 g/mol. The average molecular weight is 185 g/mol. The van der Waals surface area contributed by atoms with Crippen LogP contribution in [0, 0.1) is 5.82 Å². The van der Waals surface area contributed by atoms with Crippen LogP contribution < -0.4 is 4.74 Å². The molecule has 0 amide bonds. The van der Waals surface area contributed by atoms with Crippen LogP contribution in [0.3, 0.4) is 0 Å². The smallest absolute Gasteiger partial charge is 0.142 e. The monoisotopic (exact) mass is 184 g/mol. The van der Waals surface area contributed by atoms with Gasteiger partial charge in [-0.25, -0.2) is 4.39 Å². The van der Waals surface area contributed by atoms with Gasteiger partial charge < -0.3 is 4.74 Å². The summed E-state index contributed by atoms with van der Waals surface area (Å²) < 4.78 is 18.1. The van der Waals surface area contributed by atoms with Crippen molar-refractivity contribution < 1.29 is 9.13 Å². The van der Waals surface area contributed by atoms with Crippen molar-refractivity contribution in [3.05, 3.63) is 34.6 Å². The minimum absolute atomic E-state index is 0.101. The summed E-state index contributed by atoms with van der Waals surface area (Å²) in [6.07, 6.45) is 3.65. The van der Waals surface area contributed by atoms with E-state index in [2.05, 4.69) is 0 Å². The third-order valence-corrected chi connectivity index (χ3v) is 1.97. The highest BCUT2D eigenvalue weighted by atomic mass is 35.5. The fourth-order valence-electron chi connectivity index (χ4n) is 1.11. The van der Waals surface area contributed by atoms with Gasteiger partial charge in [0.2, 0.25) is 0 Å². The van der Waals surface area contributed by atoms with Crippen LogP contribution in [0.4, 0.5) is 4.39 Å². The summed E-state index contributed by atoms with van der Waals surface area (Å²) in [4.78, 5) is 0.